The van der Waals surface area contributed by atoms with Gasteiger partial charge >= 0.3 is 0 Å². The van der Waals surface area contributed by atoms with Gasteiger partial charge in [-0.1, -0.05) is 156 Å². The molecule has 0 aliphatic carbocycles. The van der Waals surface area contributed by atoms with Crippen molar-refractivity contribution < 1.29 is 53.2 Å². The third kappa shape index (κ3) is 34.8. The summed E-state index contributed by atoms with van der Waals surface area (Å²) in [6.07, 6.45) is 16.8. The zero-order chi connectivity index (χ0) is 67.4. The lowest BCUT2D eigenvalue weighted by Crippen LogP contribution is -2.36. The summed E-state index contributed by atoms with van der Waals surface area (Å²) in [7, 11) is 17.2. The van der Waals surface area contributed by atoms with Gasteiger partial charge in [-0.25, -0.2) is 0 Å². The van der Waals surface area contributed by atoms with E-state index in [0.717, 1.165) is 151 Å². The maximum Gasteiger partial charge on any atom is 0.155 e. The number of aliphatic hydroxyl groups excluding tert-OH is 3. The van der Waals surface area contributed by atoms with Gasteiger partial charge in [0.1, 0.15) is 54.2 Å². The van der Waals surface area contributed by atoms with Crippen LogP contribution in [-0.4, -0.2) is 164 Å². The molecule has 6 rings (SSSR count). The molecule has 0 radical (unpaired) electrons. The predicted octanol–water partition coefficient (Wildman–Crippen LogP) is 14.7. The second-order valence-corrected chi connectivity index (χ2v) is 25.1. The van der Waals surface area contributed by atoms with Crippen LogP contribution in [0.5, 0.6) is 28.7 Å². The number of likely N-dealkylation sites (N-methyl/N-ethyl adjacent to an activating group) is 3. The molecular formula is C79H119N3O11. The van der Waals surface area contributed by atoms with Crippen molar-refractivity contribution in [2.75, 3.05) is 96.5 Å². The van der Waals surface area contributed by atoms with Crippen molar-refractivity contribution >= 4 is 0 Å². The molecule has 0 heterocycles. The Bertz CT molecular complexity index is 2500. The first-order valence-corrected chi connectivity index (χ1v) is 34.4. The van der Waals surface area contributed by atoms with E-state index in [-0.39, 0.29) is 18.3 Å². The zero-order valence-corrected chi connectivity index (χ0v) is 58.9. The summed E-state index contributed by atoms with van der Waals surface area (Å²) < 4.78 is 45.9. The molecule has 3 N–H and O–H groups in total. The van der Waals surface area contributed by atoms with Crippen LogP contribution >= 0.6 is 0 Å². The first kappa shape index (κ1) is 79.4. The number of para-hydroxylation sites is 2. The van der Waals surface area contributed by atoms with E-state index < -0.39 is 18.9 Å². The number of benzene rings is 6. The fraction of sp³-hybridized carbons (Fsp3) is 0.544. The maximum atomic E-state index is 10.3. The van der Waals surface area contributed by atoms with Crippen molar-refractivity contribution in [2.45, 2.75) is 186 Å². The summed E-state index contributed by atoms with van der Waals surface area (Å²) in [6, 6.07) is 49.7. The minimum atomic E-state index is -0.745. The monoisotopic (exact) mass is 1290 g/mol. The average Bonchev–Trinajstić information content (AvgIpc) is 2.00. The summed E-state index contributed by atoms with van der Waals surface area (Å²) in [5, 5.41) is 30.8. The number of aryl methyl sites for hydroxylation is 7. The first-order valence-electron chi connectivity index (χ1n) is 34.4. The molecule has 0 saturated carbocycles. The van der Waals surface area contributed by atoms with Crippen molar-refractivity contribution in [3.8, 4) is 28.7 Å². The number of unbranched alkanes of at least 4 members (excludes halogenated alkanes) is 6. The normalized spacial score (nSPS) is 13.3. The number of aliphatic hydroxyl groups is 3. The Labute approximate surface area is 561 Å². The zero-order valence-electron chi connectivity index (χ0n) is 58.9. The molecule has 0 amide bonds. The van der Waals surface area contributed by atoms with Crippen molar-refractivity contribution in [1.82, 2.24) is 14.7 Å². The Balaban J connectivity index is 0.000000297. The van der Waals surface area contributed by atoms with Crippen molar-refractivity contribution in [2.24, 2.45) is 0 Å². The molecule has 516 valence electrons. The van der Waals surface area contributed by atoms with Crippen LogP contribution in [0, 0.1) is 0 Å². The smallest absolute Gasteiger partial charge is 0.155 e. The van der Waals surface area contributed by atoms with Crippen molar-refractivity contribution in [3.05, 3.63) is 185 Å². The Hall–Kier alpha value is -6.04. The average molecular weight is 1290 g/mol. The minimum absolute atomic E-state index is 0.0290. The SMILES string of the molecule is CCCCCC(O)OC(COc1ccccc1CCc1ccc(OC)cc1)CN(C)C.CCCCCC(O)O[C@@H](COc1ccccc1CCc1ccc(OC)cc1)CN(C)C.CCCCCC(O)O[C@H](CCc1ccccc1CCc1ccc(OC)cc1)CN(C)C. The third-order valence-corrected chi connectivity index (χ3v) is 16.1. The van der Waals surface area contributed by atoms with E-state index in [1.807, 2.05) is 101 Å². The molecule has 14 heteroatoms. The summed E-state index contributed by atoms with van der Waals surface area (Å²) >= 11 is 0. The lowest BCUT2D eigenvalue weighted by molar-refractivity contribution is -0.151. The van der Waals surface area contributed by atoms with Crippen LogP contribution in [0.25, 0.3) is 0 Å². The number of methoxy groups -OCH3 is 3. The molecule has 0 aliphatic rings. The van der Waals surface area contributed by atoms with Crippen LogP contribution in [0.15, 0.2) is 146 Å². The molecule has 0 saturated heterocycles. The van der Waals surface area contributed by atoms with Gasteiger partial charge in [0, 0.05) is 19.6 Å². The van der Waals surface area contributed by atoms with E-state index in [4.69, 9.17) is 37.9 Å². The summed E-state index contributed by atoms with van der Waals surface area (Å²) in [6.45, 7) is 9.50. The molecule has 14 nitrogen and oxygen atoms in total. The van der Waals surface area contributed by atoms with E-state index in [9.17, 15) is 15.3 Å². The van der Waals surface area contributed by atoms with Gasteiger partial charge in [0.25, 0.3) is 0 Å². The van der Waals surface area contributed by atoms with E-state index in [2.05, 4.69) is 122 Å². The highest BCUT2D eigenvalue weighted by Crippen LogP contribution is 2.25. The van der Waals surface area contributed by atoms with Crippen LogP contribution in [0.1, 0.15) is 143 Å². The largest absolute Gasteiger partial charge is 0.497 e. The maximum absolute atomic E-state index is 10.3. The number of nitrogens with zero attached hydrogens (tertiary/aromatic N) is 3. The Morgan fingerprint density at radius 3 is 0.935 bits per heavy atom. The van der Waals surface area contributed by atoms with Crippen LogP contribution in [0.3, 0.4) is 0 Å². The van der Waals surface area contributed by atoms with Crippen molar-refractivity contribution in [3.63, 3.8) is 0 Å². The first-order chi connectivity index (χ1) is 45.0. The highest BCUT2D eigenvalue weighted by molar-refractivity contribution is 5.37. The Morgan fingerprint density at radius 1 is 0.323 bits per heavy atom. The molecule has 0 bridgehead atoms. The molecular weight excluding hydrogens is 1170 g/mol. The second-order valence-electron chi connectivity index (χ2n) is 25.1. The molecule has 6 atom stereocenters. The summed E-state index contributed by atoms with van der Waals surface area (Å²) in [5.41, 5.74) is 8.96. The highest BCUT2D eigenvalue weighted by atomic mass is 16.6. The van der Waals surface area contributed by atoms with Gasteiger partial charge in [-0.2, -0.15) is 0 Å². The standard InChI is InChI=1S/C27H41NO3.2C26H39NO4/c1-5-6-7-12-27(29)31-26(21-28(2)3)20-17-24-11-9-8-10-23(24)16-13-22-14-18-25(30-4)19-15-22;2*1-5-6-7-12-26(28)31-24(19-27(2)3)20-30-25-11-9-8-10-22(25)16-13-21-14-17-23(29-4)18-15-21/h8-11,14-15,18-19,26-27,29H,5-7,12-13,16-17,20-21H2,1-4H3;2*8-11,14-15,17-18,24,26,28H,5-7,12-13,16,19-20H2,1-4H3/t26-,27?;24-,26?;/m11./s1. The van der Waals surface area contributed by atoms with E-state index >= 15 is 0 Å². The molecule has 93 heavy (non-hydrogen) atoms. The molecule has 0 aliphatic heterocycles. The van der Waals surface area contributed by atoms with Gasteiger partial charge in [0.2, 0.25) is 0 Å². The molecule has 0 spiro atoms. The lowest BCUT2D eigenvalue weighted by Gasteiger charge is -2.25. The third-order valence-electron chi connectivity index (χ3n) is 16.1. The number of hydrogen-bond acceptors (Lipinski definition) is 14. The topological polar surface area (TPSA) is 144 Å². The molecule has 6 aromatic rings. The van der Waals surface area contributed by atoms with Crippen LogP contribution in [-0.2, 0) is 59.2 Å². The fourth-order valence-corrected chi connectivity index (χ4v) is 10.9. The van der Waals surface area contributed by atoms with E-state index in [1.54, 1.807) is 21.3 Å². The van der Waals surface area contributed by atoms with E-state index in [1.165, 1.54) is 38.9 Å². The lowest BCUT2D eigenvalue weighted by atomic mass is 9.96. The number of hydrogen-bond donors (Lipinski definition) is 3. The number of rotatable bonds is 45. The quantitative estimate of drug-likeness (QED) is 0.0246. The van der Waals surface area contributed by atoms with Crippen LogP contribution in [0.2, 0.25) is 0 Å². The summed E-state index contributed by atoms with van der Waals surface area (Å²) in [5.74, 6) is 4.40. The van der Waals surface area contributed by atoms with Gasteiger partial charge < -0.3 is 67.9 Å². The predicted molar refractivity (Wildman–Crippen MR) is 381 cm³/mol. The van der Waals surface area contributed by atoms with Gasteiger partial charge in [-0.3, -0.25) is 0 Å². The van der Waals surface area contributed by atoms with E-state index in [0.29, 0.717) is 39.1 Å². The van der Waals surface area contributed by atoms with Gasteiger partial charge in [-0.15, -0.1) is 0 Å². The highest BCUT2D eigenvalue weighted by Gasteiger charge is 2.21. The molecule has 6 aromatic carbocycles. The van der Waals surface area contributed by atoms with Gasteiger partial charge in [-0.05, 0) is 220 Å². The van der Waals surface area contributed by atoms with Crippen molar-refractivity contribution in [1.29, 1.82) is 0 Å². The molecule has 0 fully saturated rings. The van der Waals surface area contributed by atoms with Gasteiger partial charge in [0.05, 0.1) is 27.4 Å². The van der Waals surface area contributed by atoms with Crippen LogP contribution < -0.4 is 23.7 Å². The minimum Gasteiger partial charge on any atom is -0.497 e. The molecule has 4 unspecified atom stereocenters. The molecule has 0 aromatic heterocycles. The Morgan fingerprint density at radius 2 is 0.613 bits per heavy atom. The summed E-state index contributed by atoms with van der Waals surface area (Å²) in [4.78, 5) is 6.25. The fourth-order valence-electron chi connectivity index (χ4n) is 10.9. The van der Waals surface area contributed by atoms with Gasteiger partial charge in [0.15, 0.2) is 18.9 Å². The second kappa shape index (κ2) is 47.8. The van der Waals surface area contributed by atoms with Crippen LogP contribution in [0.4, 0.5) is 0 Å². The number of ether oxygens (including phenoxy) is 8. The Kier molecular flexibility index (Phi) is 40.8.